The van der Waals surface area contributed by atoms with Gasteiger partial charge in [-0.15, -0.1) is 0 Å². The minimum atomic E-state index is -0.198. The zero-order valence-corrected chi connectivity index (χ0v) is 12.1. The summed E-state index contributed by atoms with van der Waals surface area (Å²) < 4.78 is 0. The third-order valence-corrected chi connectivity index (χ3v) is 3.51. The second-order valence-electron chi connectivity index (χ2n) is 5.15. The zero-order chi connectivity index (χ0) is 15.0. The lowest BCUT2D eigenvalue weighted by Gasteiger charge is -2.13. The van der Waals surface area contributed by atoms with Gasteiger partial charge < -0.3 is 9.88 Å². The molecule has 2 aromatic heterocycles. The Kier molecular flexibility index (Phi) is 3.17. The number of nitrogens with one attached hydrogen (secondary N) is 2. The summed E-state index contributed by atoms with van der Waals surface area (Å²) in [6.07, 6.45) is 1.41. The molecule has 2 heterocycles. The van der Waals surface area contributed by atoms with Crippen LogP contribution in [0.3, 0.4) is 0 Å². The summed E-state index contributed by atoms with van der Waals surface area (Å²) >= 11 is 0. The third kappa shape index (κ3) is 2.49. The number of rotatable bonds is 3. The van der Waals surface area contributed by atoms with Crippen LogP contribution in [-0.2, 0) is 6.54 Å². The molecule has 0 unspecified atom stereocenters. The average molecular weight is 284 g/mol. The van der Waals surface area contributed by atoms with Crippen LogP contribution in [0.15, 0.2) is 18.3 Å². The molecule has 2 N–H and O–H groups in total. The highest BCUT2D eigenvalue weighted by atomic mass is 16.2. The van der Waals surface area contributed by atoms with Crippen molar-refractivity contribution in [3.8, 4) is 0 Å². The van der Waals surface area contributed by atoms with Crippen LogP contribution in [0, 0.1) is 13.8 Å². The smallest absolute Gasteiger partial charge is 0.276 e. The van der Waals surface area contributed by atoms with E-state index in [0.717, 1.165) is 16.9 Å². The third-order valence-electron chi connectivity index (χ3n) is 3.51. The van der Waals surface area contributed by atoms with Crippen LogP contribution in [0.25, 0.3) is 11.0 Å². The van der Waals surface area contributed by atoms with E-state index in [-0.39, 0.29) is 5.91 Å². The second-order valence-corrected chi connectivity index (χ2v) is 5.15. The van der Waals surface area contributed by atoms with Crippen LogP contribution in [0.5, 0.6) is 0 Å². The van der Waals surface area contributed by atoms with Gasteiger partial charge in [0.15, 0.2) is 5.69 Å². The van der Waals surface area contributed by atoms with Gasteiger partial charge in [0.25, 0.3) is 5.91 Å². The Balaban J connectivity index is 1.83. The molecule has 0 saturated carbocycles. The number of fused-ring (bicyclic) bond motifs is 1. The van der Waals surface area contributed by atoms with E-state index >= 15 is 0 Å². The number of aromatic nitrogens is 5. The number of H-pyrrole nitrogens is 2. The molecule has 21 heavy (non-hydrogen) atoms. The summed E-state index contributed by atoms with van der Waals surface area (Å²) in [7, 11) is 1.71. The first kappa shape index (κ1) is 13.3. The fourth-order valence-corrected chi connectivity index (χ4v) is 2.19. The summed E-state index contributed by atoms with van der Waals surface area (Å²) in [4.78, 5) is 21.4. The van der Waals surface area contributed by atoms with E-state index in [1.807, 2.05) is 6.07 Å². The molecule has 108 valence electrons. The molecule has 0 radical (unpaired) electrons. The van der Waals surface area contributed by atoms with Crippen LogP contribution in [0.1, 0.15) is 27.4 Å². The van der Waals surface area contributed by atoms with Crippen molar-refractivity contribution < 1.29 is 4.79 Å². The summed E-state index contributed by atoms with van der Waals surface area (Å²) in [5.41, 5.74) is 4.60. The molecule has 0 aliphatic heterocycles. The van der Waals surface area contributed by atoms with Gasteiger partial charge in [-0.1, -0.05) is 0 Å². The number of aromatic amines is 2. The monoisotopic (exact) mass is 284 g/mol. The lowest BCUT2D eigenvalue weighted by Crippen LogP contribution is -2.27. The van der Waals surface area contributed by atoms with Gasteiger partial charge >= 0.3 is 0 Å². The van der Waals surface area contributed by atoms with Crippen molar-refractivity contribution >= 4 is 16.9 Å². The fourth-order valence-electron chi connectivity index (χ4n) is 2.19. The maximum Gasteiger partial charge on any atom is 0.276 e. The van der Waals surface area contributed by atoms with Gasteiger partial charge in [0, 0.05) is 7.05 Å². The lowest BCUT2D eigenvalue weighted by atomic mass is 10.1. The van der Waals surface area contributed by atoms with Gasteiger partial charge in [-0.05, 0) is 37.1 Å². The molecule has 0 bridgehead atoms. The highest BCUT2D eigenvalue weighted by molar-refractivity contribution is 5.91. The van der Waals surface area contributed by atoms with E-state index in [1.54, 1.807) is 11.9 Å². The topological polar surface area (TPSA) is 90.6 Å². The summed E-state index contributed by atoms with van der Waals surface area (Å²) in [6, 6.07) is 4.12. The number of aryl methyl sites for hydroxylation is 2. The zero-order valence-electron chi connectivity index (χ0n) is 12.1. The molecular formula is C14H16N6O. The van der Waals surface area contributed by atoms with E-state index in [1.165, 1.54) is 17.3 Å². The molecular weight excluding hydrogens is 268 g/mol. The summed E-state index contributed by atoms with van der Waals surface area (Å²) in [5, 5.41) is 9.86. The Morgan fingerprint density at radius 3 is 2.76 bits per heavy atom. The molecule has 0 fully saturated rings. The van der Waals surface area contributed by atoms with E-state index in [0.29, 0.717) is 12.2 Å². The van der Waals surface area contributed by atoms with E-state index in [9.17, 15) is 4.79 Å². The standard InChI is InChI=1S/C14H16N6O/c1-8-4-10-11(5-9(8)2)17-13(16-10)7-20(3)14(21)12-6-15-19-18-12/h4-6H,7H2,1-3H3,(H,16,17)(H,15,18,19). The molecule has 1 amide bonds. The van der Waals surface area contributed by atoms with Crippen LogP contribution >= 0.6 is 0 Å². The Morgan fingerprint density at radius 2 is 2.05 bits per heavy atom. The normalized spacial score (nSPS) is 11.0. The van der Waals surface area contributed by atoms with Crippen molar-refractivity contribution in [1.29, 1.82) is 0 Å². The first-order valence-electron chi connectivity index (χ1n) is 6.61. The minimum absolute atomic E-state index is 0.198. The number of benzene rings is 1. The maximum absolute atomic E-state index is 12.1. The Hall–Kier alpha value is -2.70. The highest BCUT2D eigenvalue weighted by Gasteiger charge is 2.16. The van der Waals surface area contributed by atoms with Crippen LogP contribution in [0.2, 0.25) is 0 Å². The van der Waals surface area contributed by atoms with Gasteiger partial charge in [0.2, 0.25) is 0 Å². The number of carbonyl (C=O) groups excluding carboxylic acids is 1. The Bertz CT molecular complexity index is 750. The average Bonchev–Trinajstić information content (AvgIpc) is 3.07. The van der Waals surface area contributed by atoms with Crippen molar-refractivity contribution in [3.63, 3.8) is 0 Å². The van der Waals surface area contributed by atoms with Crippen molar-refractivity contribution in [2.45, 2.75) is 20.4 Å². The molecule has 7 nitrogen and oxygen atoms in total. The van der Waals surface area contributed by atoms with Crippen molar-refractivity contribution in [2.75, 3.05) is 7.05 Å². The van der Waals surface area contributed by atoms with E-state index < -0.39 is 0 Å². The van der Waals surface area contributed by atoms with Crippen molar-refractivity contribution in [1.82, 2.24) is 30.3 Å². The predicted molar refractivity (Wildman–Crippen MR) is 77.7 cm³/mol. The van der Waals surface area contributed by atoms with E-state index in [4.69, 9.17) is 0 Å². The summed E-state index contributed by atoms with van der Waals surface area (Å²) in [6.45, 7) is 4.51. The molecule has 0 spiro atoms. The van der Waals surface area contributed by atoms with Crippen molar-refractivity contribution in [3.05, 3.63) is 41.0 Å². The number of hydrogen-bond acceptors (Lipinski definition) is 4. The molecule has 0 aliphatic carbocycles. The largest absolute Gasteiger partial charge is 0.340 e. The molecule has 0 saturated heterocycles. The molecule has 1 aromatic carbocycles. The molecule has 3 aromatic rings. The van der Waals surface area contributed by atoms with Crippen LogP contribution < -0.4 is 0 Å². The van der Waals surface area contributed by atoms with E-state index in [2.05, 4.69) is 45.3 Å². The predicted octanol–water partition coefficient (Wildman–Crippen LogP) is 1.57. The number of hydrogen-bond donors (Lipinski definition) is 2. The molecule has 0 atom stereocenters. The Morgan fingerprint density at radius 1 is 1.29 bits per heavy atom. The summed E-state index contributed by atoms with van der Waals surface area (Å²) in [5.74, 6) is 0.547. The van der Waals surface area contributed by atoms with Crippen LogP contribution in [-0.4, -0.2) is 43.2 Å². The highest BCUT2D eigenvalue weighted by Crippen LogP contribution is 2.18. The first-order valence-corrected chi connectivity index (χ1v) is 6.61. The van der Waals surface area contributed by atoms with Gasteiger partial charge in [-0.3, -0.25) is 4.79 Å². The lowest BCUT2D eigenvalue weighted by molar-refractivity contribution is 0.0776. The van der Waals surface area contributed by atoms with Gasteiger partial charge in [0.05, 0.1) is 23.8 Å². The number of imidazole rings is 1. The van der Waals surface area contributed by atoms with Gasteiger partial charge in [-0.2, -0.15) is 15.4 Å². The number of nitrogens with zero attached hydrogens (tertiary/aromatic N) is 4. The van der Waals surface area contributed by atoms with Crippen molar-refractivity contribution in [2.24, 2.45) is 0 Å². The second kappa shape index (κ2) is 5.01. The van der Waals surface area contributed by atoms with Gasteiger partial charge in [-0.25, -0.2) is 4.98 Å². The Labute approximate surface area is 121 Å². The molecule has 3 rings (SSSR count). The van der Waals surface area contributed by atoms with Gasteiger partial charge in [0.1, 0.15) is 5.82 Å². The SMILES string of the molecule is Cc1cc2nc(CN(C)C(=O)c3cn[nH]n3)[nH]c2cc1C. The first-order chi connectivity index (χ1) is 10.0. The number of amides is 1. The fraction of sp³-hybridized carbons (Fsp3) is 0.286. The minimum Gasteiger partial charge on any atom is -0.340 e. The molecule has 0 aliphatic rings. The molecule has 7 heteroatoms. The maximum atomic E-state index is 12.1. The quantitative estimate of drug-likeness (QED) is 0.763. The number of carbonyl (C=O) groups is 1. The van der Waals surface area contributed by atoms with Crippen LogP contribution in [0.4, 0.5) is 0 Å².